The first-order chi connectivity index (χ1) is 18.8. The summed E-state index contributed by atoms with van der Waals surface area (Å²) in [5, 5.41) is 14.1. The summed E-state index contributed by atoms with van der Waals surface area (Å²) in [6, 6.07) is 15.2. The molecule has 0 amide bonds. The maximum atomic E-state index is 14.5. The summed E-state index contributed by atoms with van der Waals surface area (Å²) in [7, 11) is -3.07. The third-order valence-electron chi connectivity index (χ3n) is 7.64. The second kappa shape index (κ2) is 12.1. The molecule has 6 nitrogen and oxygen atoms in total. The molecule has 3 aromatic carbocycles. The third kappa shape index (κ3) is 7.49. The molecule has 1 fully saturated rings. The van der Waals surface area contributed by atoms with Crippen LogP contribution in [-0.4, -0.2) is 43.0 Å². The molecule has 8 heteroatoms. The van der Waals surface area contributed by atoms with E-state index in [2.05, 4.69) is 30.4 Å². The fourth-order valence-electron chi connectivity index (χ4n) is 5.14. The standard InChI is InChI=1S/C32H38FNO5S/c1-21-5-7-25(19-34-27-10-9-26(30(33)18-27)8-6-24(4)35)17-29(21)31-22(2)15-28(16-23(31)3)39-20-32(36)11-13-40(37,38)14-12-32/h5,7,9-10,15-18,34,36H,6,8,11-14,19-20H2,1-4H3. The van der Waals surface area contributed by atoms with Crippen molar-refractivity contribution < 1.29 is 27.4 Å². The SMILES string of the molecule is CC(=O)CCc1ccc(NCc2ccc(C)c(-c3c(C)cc(OCC4(O)CCS(=O)(=O)CC4)cc3C)c2)cc1F. The van der Waals surface area contributed by atoms with Gasteiger partial charge in [-0.05, 0) is 116 Å². The Bertz CT molecular complexity index is 1480. The predicted octanol–water partition coefficient (Wildman–Crippen LogP) is 5.87. The summed E-state index contributed by atoms with van der Waals surface area (Å²) in [6.07, 6.45) is 1.09. The summed E-state index contributed by atoms with van der Waals surface area (Å²) in [6.45, 7) is 8.20. The van der Waals surface area contributed by atoms with Crippen LogP contribution in [0.3, 0.4) is 0 Å². The number of halogens is 1. The number of benzene rings is 3. The van der Waals surface area contributed by atoms with Crippen molar-refractivity contribution >= 4 is 21.3 Å². The number of nitrogens with one attached hydrogen (secondary N) is 1. The maximum absolute atomic E-state index is 14.5. The zero-order valence-corrected chi connectivity index (χ0v) is 24.5. The van der Waals surface area contributed by atoms with Gasteiger partial charge in [0.05, 0.1) is 11.5 Å². The molecule has 0 radical (unpaired) electrons. The van der Waals surface area contributed by atoms with E-state index in [1.54, 1.807) is 6.07 Å². The Balaban J connectivity index is 1.46. The molecule has 1 saturated heterocycles. The highest BCUT2D eigenvalue weighted by Crippen LogP contribution is 2.34. The van der Waals surface area contributed by atoms with Crippen molar-refractivity contribution in [3.63, 3.8) is 0 Å². The van der Waals surface area contributed by atoms with Gasteiger partial charge in [0, 0.05) is 18.7 Å². The molecule has 3 aromatic rings. The molecule has 0 saturated carbocycles. The summed E-state index contributed by atoms with van der Waals surface area (Å²) < 4.78 is 43.9. The van der Waals surface area contributed by atoms with Gasteiger partial charge >= 0.3 is 0 Å². The summed E-state index contributed by atoms with van der Waals surface area (Å²) in [5.74, 6) is 0.336. The number of carbonyl (C=O) groups is 1. The number of aliphatic hydroxyl groups is 1. The van der Waals surface area contributed by atoms with Crippen molar-refractivity contribution in [1.82, 2.24) is 0 Å². The van der Waals surface area contributed by atoms with E-state index >= 15 is 0 Å². The van der Waals surface area contributed by atoms with Gasteiger partial charge in [0.2, 0.25) is 0 Å². The van der Waals surface area contributed by atoms with E-state index in [0.29, 0.717) is 36.4 Å². The average molecular weight is 568 g/mol. The van der Waals surface area contributed by atoms with Gasteiger partial charge in [0.25, 0.3) is 0 Å². The minimum absolute atomic E-state index is 0.0182. The fraction of sp³-hybridized carbons (Fsp3) is 0.406. The molecule has 1 aliphatic rings. The van der Waals surface area contributed by atoms with Gasteiger partial charge in [0.1, 0.15) is 29.6 Å². The molecule has 0 spiro atoms. The van der Waals surface area contributed by atoms with Crippen molar-refractivity contribution in [1.29, 1.82) is 0 Å². The Morgan fingerprint density at radius 2 is 1.68 bits per heavy atom. The molecule has 0 unspecified atom stereocenters. The van der Waals surface area contributed by atoms with Gasteiger partial charge in [-0.15, -0.1) is 0 Å². The Kier molecular flexibility index (Phi) is 9.00. The number of hydrogen-bond acceptors (Lipinski definition) is 6. The lowest BCUT2D eigenvalue weighted by Crippen LogP contribution is -2.43. The molecular formula is C32H38FNO5S. The molecule has 2 N–H and O–H groups in total. The quantitative estimate of drug-likeness (QED) is 0.318. The van der Waals surface area contributed by atoms with Crippen LogP contribution in [0.2, 0.25) is 0 Å². The number of ether oxygens (including phenoxy) is 1. The largest absolute Gasteiger partial charge is 0.491 e. The lowest BCUT2D eigenvalue weighted by molar-refractivity contribution is -0.116. The summed E-state index contributed by atoms with van der Waals surface area (Å²) in [5.41, 5.74) is 6.53. The first-order valence-corrected chi connectivity index (χ1v) is 15.4. The Labute approximate surface area is 236 Å². The predicted molar refractivity (Wildman–Crippen MR) is 157 cm³/mol. The molecule has 0 atom stereocenters. The molecule has 0 aromatic heterocycles. The molecular weight excluding hydrogens is 529 g/mol. The molecule has 40 heavy (non-hydrogen) atoms. The minimum Gasteiger partial charge on any atom is -0.491 e. The Hall–Kier alpha value is -3.23. The molecule has 0 bridgehead atoms. The topological polar surface area (TPSA) is 92.7 Å². The van der Waals surface area contributed by atoms with E-state index in [0.717, 1.165) is 33.4 Å². The van der Waals surface area contributed by atoms with E-state index in [-0.39, 0.29) is 42.6 Å². The number of Topliss-reactive ketones (excluding diaryl/α,β-unsaturated/α-hetero) is 1. The number of aryl methyl sites for hydroxylation is 4. The zero-order chi connectivity index (χ0) is 29.1. The van der Waals surface area contributed by atoms with Gasteiger partial charge in [-0.2, -0.15) is 0 Å². The number of hydrogen-bond donors (Lipinski definition) is 2. The summed E-state index contributed by atoms with van der Waals surface area (Å²) >= 11 is 0. The van der Waals surface area contributed by atoms with Gasteiger partial charge in [-0.25, -0.2) is 12.8 Å². The second-order valence-electron chi connectivity index (χ2n) is 11.1. The zero-order valence-electron chi connectivity index (χ0n) is 23.6. The lowest BCUT2D eigenvalue weighted by atomic mass is 9.91. The highest BCUT2D eigenvalue weighted by molar-refractivity contribution is 7.91. The summed E-state index contributed by atoms with van der Waals surface area (Å²) in [4.78, 5) is 11.2. The van der Waals surface area contributed by atoms with Crippen molar-refractivity contribution in [3.05, 3.63) is 82.2 Å². The van der Waals surface area contributed by atoms with Crippen molar-refractivity contribution in [3.8, 4) is 16.9 Å². The third-order valence-corrected chi connectivity index (χ3v) is 9.29. The second-order valence-corrected chi connectivity index (χ2v) is 13.4. The van der Waals surface area contributed by atoms with E-state index in [9.17, 15) is 22.7 Å². The molecule has 4 rings (SSSR count). The van der Waals surface area contributed by atoms with Gasteiger partial charge in [-0.3, -0.25) is 0 Å². The number of ketones is 1. The van der Waals surface area contributed by atoms with Crippen LogP contribution < -0.4 is 10.1 Å². The van der Waals surface area contributed by atoms with Crippen LogP contribution in [0, 0.1) is 26.6 Å². The van der Waals surface area contributed by atoms with Crippen molar-refractivity contribution in [2.45, 2.75) is 65.5 Å². The normalized spacial score (nSPS) is 15.9. The van der Waals surface area contributed by atoms with E-state index in [1.807, 2.05) is 32.0 Å². The van der Waals surface area contributed by atoms with Crippen LogP contribution >= 0.6 is 0 Å². The van der Waals surface area contributed by atoms with E-state index < -0.39 is 15.4 Å². The van der Waals surface area contributed by atoms with E-state index in [4.69, 9.17) is 4.74 Å². The first-order valence-electron chi connectivity index (χ1n) is 13.6. The molecule has 1 heterocycles. The van der Waals surface area contributed by atoms with Gasteiger partial charge < -0.3 is 20.0 Å². The monoisotopic (exact) mass is 567 g/mol. The van der Waals surface area contributed by atoms with Crippen LogP contribution in [0.25, 0.3) is 11.1 Å². The molecule has 1 aliphatic heterocycles. The van der Waals surface area contributed by atoms with Crippen molar-refractivity contribution in [2.24, 2.45) is 0 Å². The first kappa shape index (κ1) is 29.7. The highest BCUT2D eigenvalue weighted by atomic mass is 32.2. The minimum atomic E-state index is -3.07. The number of rotatable bonds is 10. The highest BCUT2D eigenvalue weighted by Gasteiger charge is 2.36. The van der Waals surface area contributed by atoms with Crippen molar-refractivity contribution in [2.75, 3.05) is 23.4 Å². The van der Waals surface area contributed by atoms with Gasteiger partial charge in [-0.1, -0.05) is 18.2 Å². The lowest BCUT2D eigenvalue weighted by Gasteiger charge is -2.31. The average Bonchev–Trinajstić information content (AvgIpc) is 2.89. The van der Waals surface area contributed by atoms with Crippen LogP contribution in [0.4, 0.5) is 10.1 Å². The van der Waals surface area contributed by atoms with E-state index in [1.165, 1.54) is 13.0 Å². The fourth-order valence-corrected chi connectivity index (χ4v) is 6.72. The molecule has 0 aliphatic carbocycles. The van der Waals surface area contributed by atoms with Gasteiger partial charge in [0.15, 0.2) is 9.84 Å². The smallest absolute Gasteiger partial charge is 0.150 e. The van der Waals surface area contributed by atoms with Crippen LogP contribution in [0.15, 0.2) is 48.5 Å². The number of anilines is 1. The number of carbonyl (C=O) groups excluding carboxylic acids is 1. The van der Waals surface area contributed by atoms with Crippen LogP contribution in [0.5, 0.6) is 5.75 Å². The van der Waals surface area contributed by atoms with Crippen LogP contribution in [0.1, 0.15) is 54.0 Å². The van der Waals surface area contributed by atoms with Crippen LogP contribution in [-0.2, 0) is 27.6 Å². The molecule has 214 valence electrons. The Morgan fingerprint density at radius 3 is 2.30 bits per heavy atom. The maximum Gasteiger partial charge on any atom is 0.150 e. The Morgan fingerprint density at radius 1 is 1.00 bits per heavy atom. The number of sulfone groups is 1.